The number of nitrogens with one attached hydrogen (secondary N) is 2. The Morgan fingerprint density at radius 3 is 2.48 bits per heavy atom. The third kappa shape index (κ3) is 4.81. The van der Waals surface area contributed by atoms with Crippen LogP contribution in [0.2, 0.25) is 0 Å². The van der Waals surface area contributed by atoms with Gasteiger partial charge in [-0.15, -0.1) is 0 Å². The minimum Gasteiger partial charge on any atom is -0.480 e. The topological polar surface area (TPSA) is 122 Å². The molecule has 2 aromatic rings. The molecule has 2 aromatic carbocycles. The van der Waals surface area contributed by atoms with Gasteiger partial charge < -0.3 is 15.7 Å². The molecule has 1 saturated carbocycles. The fraction of sp³-hybridized carbons (Fsp3) is 0.263. The number of nitro benzene ring substituents is 1. The number of benzene rings is 2. The lowest BCUT2D eigenvalue weighted by molar-refractivity contribution is -0.384. The molecular weight excluding hydrogens is 350 g/mol. The van der Waals surface area contributed by atoms with E-state index < -0.39 is 16.9 Å². The molecule has 27 heavy (non-hydrogen) atoms. The van der Waals surface area contributed by atoms with Gasteiger partial charge in [0.1, 0.15) is 11.7 Å². The lowest BCUT2D eigenvalue weighted by atomic mass is 10.0. The second-order valence-corrected chi connectivity index (χ2v) is 6.46. The van der Waals surface area contributed by atoms with E-state index in [9.17, 15) is 24.8 Å². The summed E-state index contributed by atoms with van der Waals surface area (Å²) in [6.45, 7) is 0. The Morgan fingerprint density at radius 2 is 1.89 bits per heavy atom. The van der Waals surface area contributed by atoms with Gasteiger partial charge in [0.05, 0.1) is 4.92 Å². The molecule has 3 N–H and O–H groups in total. The number of carbonyl (C=O) groups excluding carboxylic acids is 1. The van der Waals surface area contributed by atoms with Crippen molar-refractivity contribution in [2.45, 2.75) is 31.3 Å². The average Bonchev–Trinajstić information content (AvgIpc) is 3.46. The second kappa shape index (κ2) is 7.86. The molecule has 1 atom stereocenters. The molecule has 1 aliphatic rings. The Labute approximate surface area is 155 Å². The van der Waals surface area contributed by atoms with Crippen LogP contribution < -0.4 is 10.6 Å². The maximum Gasteiger partial charge on any atom is 0.326 e. The smallest absolute Gasteiger partial charge is 0.326 e. The third-order valence-electron chi connectivity index (χ3n) is 4.28. The predicted octanol–water partition coefficient (Wildman–Crippen LogP) is 2.59. The van der Waals surface area contributed by atoms with Crippen molar-refractivity contribution in [3.63, 3.8) is 0 Å². The van der Waals surface area contributed by atoms with Gasteiger partial charge in [0, 0.05) is 24.1 Å². The SMILES string of the molecule is O=C(NC1CC1)c1ccc(N[C@@H](Cc2ccccc2)C(=O)O)c([N+](=O)[O-])c1. The van der Waals surface area contributed by atoms with Gasteiger partial charge in [-0.25, -0.2) is 4.79 Å². The lowest BCUT2D eigenvalue weighted by Gasteiger charge is -2.16. The van der Waals surface area contributed by atoms with Crippen molar-refractivity contribution in [3.8, 4) is 0 Å². The molecule has 8 nitrogen and oxygen atoms in total. The van der Waals surface area contributed by atoms with Gasteiger partial charge in [-0.3, -0.25) is 14.9 Å². The van der Waals surface area contributed by atoms with Crippen molar-refractivity contribution >= 4 is 23.3 Å². The van der Waals surface area contributed by atoms with Crippen LogP contribution >= 0.6 is 0 Å². The van der Waals surface area contributed by atoms with E-state index in [0.29, 0.717) is 0 Å². The zero-order chi connectivity index (χ0) is 19.4. The van der Waals surface area contributed by atoms with Gasteiger partial charge >= 0.3 is 5.97 Å². The number of rotatable bonds is 8. The summed E-state index contributed by atoms with van der Waals surface area (Å²) in [6, 6.07) is 12.1. The van der Waals surface area contributed by atoms with Gasteiger partial charge in [-0.05, 0) is 30.5 Å². The van der Waals surface area contributed by atoms with Crippen LogP contribution in [0.25, 0.3) is 0 Å². The van der Waals surface area contributed by atoms with Crippen LogP contribution in [-0.4, -0.2) is 34.0 Å². The van der Waals surface area contributed by atoms with Gasteiger partial charge in [0.15, 0.2) is 0 Å². The molecular formula is C19H19N3O5. The molecule has 1 fully saturated rings. The summed E-state index contributed by atoms with van der Waals surface area (Å²) < 4.78 is 0. The molecule has 0 heterocycles. The molecule has 1 amide bonds. The highest BCUT2D eigenvalue weighted by Crippen LogP contribution is 2.27. The predicted molar refractivity (Wildman–Crippen MR) is 98.8 cm³/mol. The van der Waals surface area contributed by atoms with Gasteiger partial charge in [-0.2, -0.15) is 0 Å². The zero-order valence-corrected chi connectivity index (χ0v) is 14.4. The number of nitrogens with zero attached hydrogens (tertiary/aromatic N) is 1. The monoisotopic (exact) mass is 369 g/mol. The lowest BCUT2D eigenvalue weighted by Crippen LogP contribution is -2.32. The van der Waals surface area contributed by atoms with Crippen LogP contribution in [0, 0.1) is 10.1 Å². The average molecular weight is 369 g/mol. The first-order valence-electron chi connectivity index (χ1n) is 8.56. The Bertz CT molecular complexity index is 865. The number of anilines is 1. The van der Waals surface area contributed by atoms with E-state index in [1.165, 1.54) is 18.2 Å². The molecule has 0 bridgehead atoms. The zero-order valence-electron chi connectivity index (χ0n) is 14.4. The van der Waals surface area contributed by atoms with Crippen LogP contribution in [0.3, 0.4) is 0 Å². The minimum atomic E-state index is -1.12. The second-order valence-electron chi connectivity index (χ2n) is 6.46. The van der Waals surface area contributed by atoms with Crippen LogP contribution in [0.5, 0.6) is 0 Å². The van der Waals surface area contributed by atoms with Crippen LogP contribution in [0.15, 0.2) is 48.5 Å². The molecule has 0 saturated heterocycles. The molecule has 140 valence electrons. The summed E-state index contributed by atoms with van der Waals surface area (Å²) in [7, 11) is 0. The van der Waals surface area contributed by atoms with Crippen molar-refractivity contribution < 1.29 is 19.6 Å². The number of hydrogen-bond donors (Lipinski definition) is 3. The summed E-state index contributed by atoms with van der Waals surface area (Å²) in [5.41, 5.74) is 0.693. The largest absolute Gasteiger partial charge is 0.480 e. The highest BCUT2D eigenvalue weighted by Gasteiger charge is 2.26. The molecule has 0 aromatic heterocycles. The van der Waals surface area contributed by atoms with Crippen molar-refractivity contribution in [3.05, 3.63) is 69.8 Å². The minimum absolute atomic E-state index is 0.0614. The summed E-state index contributed by atoms with van der Waals surface area (Å²) in [4.78, 5) is 34.5. The van der Waals surface area contributed by atoms with Crippen molar-refractivity contribution in [2.24, 2.45) is 0 Å². The van der Waals surface area contributed by atoms with Crippen LogP contribution in [-0.2, 0) is 11.2 Å². The molecule has 0 unspecified atom stereocenters. The Morgan fingerprint density at radius 1 is 1.19 bits per heavy atom. The maximum absolute atomic E-state index is 12.1. The number of carbonyl (C=O) groups is 2. The van der Waals surface area contributed by atoms with Crippen molar-refractivity contribution in [1.29, 1.82) is 0 Å². The molecule has 8 heteroatoms. The van der Waals surface area contributed by atoms with Crippen LogP contribution in [0.1, 0.15) is 28.8 Å². The normalized spacial score (nSPS) is 14.2. The third-order valence-corrected chi connectivity index (χ3v) is 4.28. The Kier molecular flexibility index (Phi) is 5.35. The summed E-state index contributed by atoms with van der Waals surface area (Å²) in [5.74, 6) is -1.49. The Hall–Kier alpha value is -3.42. The number of carboxylic acid groups (broad SMARTS) is 1. The van der Waals surface area contributed by atoms with Gasteiger partial charge in [0.25, 0.3) is 11.6 Å². The highest BCUT2D eigenvalue weighted by molar-refractivity contribution is 5.96. The maximum atomic E-state index is 12.1. The number of nitro groups is 1. The Balaban J connectivity index is 1.81. The number of hydrogen-bond acceptors (Lipinski definition) is 5. The summed E-state index contributed by atoms with van der Waals surface area (Å²) in [5, 5.41) is 26.4. The fourth-order valence-electron chi connectivity index (χ4n) is 2.68. The van der Waals surface area contributed by atoms with Crippen LogP contribution in [0.4, 0.5) is 11.4 Å². The van der Waals surface area contributed by atoms with E-state index in [2.05, 4.69) is 10.6 Å². The van der Waals surface area contributed by atoms with Crippen molar-refractivity contribution in [1.82, 2.24) is 5.32 Å². The summed E-state index contributed by atoms with van der Waals surface area (Å²) in [6.07, 6.45) is 1.98. The van der Waals surface area contributed by atoms with E-state index in [0.717, 1.165) is 18.4 Å². The van der Waals surface area contributed by atoms with E-state index in [1.54, 1.807) is 24.3 Å². The number of aliphatic carboxylic acids is 1. The molecule has 0 spiro atoms. The summed E-state index contributed by atoms with van der Waals surface area (Å²) >= 11 is 0. The quantitative estimate of drug-likeness (QED) is 0.486. The molecule has 3 rings (SSSR count). The molecule has 1 aliphatic carbocycles. The number of carboxylic acids is 1. The molecule has 0 aliphatic heterocycles. The highest BCUT2D eigenvalue weighted by atomic mass is 16.6. The first kappa shape index (κ1) is 18.4. The first-order valence-corrected chi connectivity index (χ1v) is 8.56. The van der Waals surface area contributed by atoms with E-state index in [-0.39, 0.29) is 35.3 Å². The van der Waals surface area contributed by atoms with Crippen molar-refractivity contribution in [2.75, 3.05) is 5.32 Å². The van der Waals surface area contributed by atoms with Gasteiger partial charge in [0.2, 0.25) is 0 Å². The standard InChI is InChI=1S/C19H19N3O5/c23-18(20-14-7-8-14)13-6-9-15(17(11-13)22(26)27)21-16(19(24)25)10-12-4-2-1-3-5-12/h1-6,9,11,14,16,21H,7-8,10H2,(H,20,23)(H,24,25)/t16-/m0/s1. The molecule has 0 radical (unpaired) electrons. The first-order chi connectivity index (χ1) is 12.9. The van der Waals surface area contributed by atoms with E-state index >= 15 is 0 Å². The fourth-order valence-corrected chi connectivity index (χ4v) is 2.68. The van der Waals surface area contributed by atoms with E-state index in [1.807, 2.05) is 6.07 Å². The number of amides is 1. The van der Waals surface area contributed by atoms with E-state index in [4.69, 9.17) is 0 Å². The van der Waals surface area contributed by atoms with Gasteiger partial charge in [-0.1, -0.05) is 30.3 Å².